The van der Waals surface area contributed by atoms with Crippen LogP contribution in [-0.4, -0.2) is 38.2 Å². The molecular weight excluding hydrogens is 400 g/mol. The second-order valence-electron chi connectivity index (χ2n) is 6.39. The van der Waals surface area contributed by atoms with Gasteiger partial charge in [0.15, 0.2) is 11.5 Å². The third-order valence-electron chi connectivity index (χ3n) is 4.36. The minimum absolute atomic E-state index is 0.185. The number of nitrogens with one attached hydrogen (secondary N) is 1. The van der Waals surface area contributed by atoms with E-state index in [9.17, 15) is 14.4 Å². The van der Waals surface area contributed by atoms with Gasteiger partial charge in [0.05, 0.1) is 19.4 Å². The molecule has 31 heavy (non-hydrogen) atoms. The van der Waals surface area contributed by atoms with Gasteiger partial charge in [0.1, 0.15) is 17.9 Å². The molecule has 0 bridgehead atoms. The van der Waals surface area contributed by atoms with Gasteiger partial charge in [-0.2, -0.15) is 0 Å². The number of hydrogen-bond donors (Lipinski definition) is 1. The Morgan fingerprint density at radius 1 is 1.03 bits per heavy atom. The minimum atomic E-state index is -0.818. The molecule has 0 unspecified atom stereocenters. The van der Waals surface area contributed by atoms with Gasteiger partial charge in [0.2, 0.25) is 0 Å². The van der Waals surface area contributed by atoms with Gasteiger partial charge in [-0.15, -0.1) is 0 Å². The van der Waals surface area contributed by atoms with Gasteiger partial charge in [-0.25, -0.2) is 9.69 Å². The molecule has 1 heterocycles. The molecule has 2 aromatic rings. The number of nitrogens with zero attached hydrogens (tertiary/aromatic N) is 1. The highest BCUT2D eigenvalue weighted by Gasteiger charge is 2.36. The SMILES string of the molecule is C=CCOc1ccc(/C=C2\C(=O)NC(=O)N(c3ccc(OCC)cc3)C2=O)cc1OC. The third kappa shape index (κ3) is 4.75. The molecule has 0 radical (unpaired) electrons. The summed E-state index contributed by atoms with van der Waals surface area (Å²) in [5.74, 6) is 0.0234. The van der Waals surface area contributed by atoms with Crippen LogP contribution in [0.15, 0.2) is 60.7 Å². The largest absolute Gasteiger partial charge is 0.494 e. The first-order chi connectivity index (χ1) is 15.0. The summed E-state index contributed by atoms with van der Waals surface area (Å²) in [5.41, 5.74) is 0.660. The lowest BCUT2D eigenvalue weighted by atomic mass is 10.1. The monoisotopic (exact) mass is 422 g/mol. The Morgan fingerprint density at radius 3 is 2.42 bits per heavy atom. The van der Waals surface area contributed by atoms with Crippen molar-refractivity contribution in [2.24, 2.45) is 0 Å². The first kappa shape index (κ1) is 21.6. The zero-order chi connectivity index (χ0) is 22.4. The number of carbonyl (C=O) groups is 3. The Bertz CT molecular complexity index is 1040. The number of ether oxygens (including phenoxy) is 3. The van der Waals surface area contributed by atoms with E-state index in [0.717, 1.165) is 4.90 Å². The van der Waals surface area contributed by atoms with Gasteiger partial charge >= 0.3 is 6.03 Å². The van der Waals surface area contributed by atoms with E-state index in [1.165, 1.54) is 13.2 Å². The number of benzene rings is 2. The van der Waals surface area contributed by atoms with Crippen molar-refractivity contribution in [1.29, 1.82) is 0 Å². The highest BCUT2D eigenvalue weighted by molar-refractivity contribution is 6.39. The molecule has 0 spiro atoms. The maximum atomic E-state index is 13.0. The van der Waals surface area contributed by atoms with E-state index in [1.54, 1.807) is 48.5 Å². The van der Waals surface area contributed by atoms with Crippen LogP contribution >= 0.6 is 0 Å². The Balaban J connectivity index is 1.92. The third-order valence-corrected chi connectivity index (χ3v) is 4.36. The van der Waals surface area contributed by atoms with Gasteiger partial charge in [0, 0.05) is 0 Å². The number of imide groups is 2. The van der Waals surface area contributed by atoms with Crippen molar-refractivity contribution in [1.82, 2.24) is 5.32 Å². The number of rotatable bonds is 8. The topological polar surface area (TPSA) is 94.2 Å². The smallest absolute Gasteiger partial charge is 0.335 e. The van der Waals surface area contributed by atoms with Gasteiger partial charge in [0.25, 0.3) is 11.8 Å². The van der Waals surface area contributed by atoms with E-state index in [1.807, 2.05) is 6.92 Å². The standard InChI is InChI=1S/C23H22N2O6/c1-4-12-31-19-11-6-15(14-20(19)29-3)13-18-21(26)24-23(28)25(22(18)27)16-7-9-17(10-8-16)30-5-2/h4,6-11,13-14H,1,5,12H2,2-3H3,(H,24,26,28)/b18-13+. The predicted octanol–water partition coefficient (Wildman–Crippen LogP) is 3.33. The molecule has 0 atom stereocenters. The second-order valence-corrected chi connectivity index (χ2v) is 6.39. The van der Waals surface area contributed by atoms with Crippen LogP contribution in [0.25, 0.3) is 6.08 Å². The summed E-state index contributed by atoms with van der Waals surface area (Å²) >= 11 is 0. The van der Waals surface area contributed by atoms with E-state index >= 15 is 0 Å². The lowest BCUT2D eigenvalue weighted by molar-refractivity contribution is -0.122. The van der Waals surface area contributed by atoms with Crippen LogP contribution in [0.5, 0.6) is 17.2 Å². The average molecular weight is 422 g/mol. The molecular formula is C23H22N2O6. The molecule has 0 saturated carbocycles. The lowest BCUT2D eigenvalue weighted by Gasteiger charge is -2.26. The lowest BCUT2D eigenvalue weighted by Crippen LogP contribution is -2.54. The van der Waals surface area contributed by atoms with Gasteiger partial charge in [-0.3, -0.25) is 14.9 Å². The van der Waals surface area contributed by atoms with E-state index in [2.05, 4.69) is 11.9 Å². The number of urea groups is 1. The maximum absolute atomic E-state index is 13.0. The molecule has 1 fully saturated rings. The summed E-state index contributed by atoms with van der Waals surface area (Å²) in [4.78, 5) is 38.6. The van der Waals surface area contributed by atoms with E-state index in [0.29, 0.717) is 41.7 Å². The van der Waals surface area contributed by atoms with Crippen LogP contribution in [-0.2, 0) is 9.59 Å². The molecule has 3 rings (SSSR count). The van der Waals surface area contributed by atoms with Crippen molar-refractivity contribution >= 4 is 29.6 Å². The Kier molecular flexibility index (Phi) is 6.71. The summed E-state index contributed by atoms with van der Waals surface area (Å²) in [5, 5.41) is 2.20. The summed E-state index contributed by atoms with van der Waals surface area (Å²) in [7, 11) is 1.48. The average Bonchev–Trinajstić information content (AvgIpc) is 2.76. The van der Waals surface area contributed by atoms with Crippen LogP contribution in [0.4, 0.5) is 10.5 Å². The number of carbonyl (C=O) groups excluding carboxylic acids is 3. The van der Waals surface area contributed by atoms with Crippen LogP contribution in [0.1, 0.15) is 12.5 Å². The number of anilines is 1. The van der Waals surface area contributed by atoms with Crippen molar-refractivity contribution in [3.63, 3.8) is 0 Å². The molecule has 8 heteroatoms. The quantitative estimate of drug-likeness (QED) is 0.398. The Hall–Kier alpha value is -4.07. The van der Waals surface area contributed by atoms with Gasteiger partial charge in [-0.1, -0.05) is 18.7 Å². The number of methoxy groups -OCH3 is 1. The molecule has 2 aromatic carbocycles. The molecule has 1 N–H and O–H groups in total. The first-order valence-corrected chi connectivity index (χ1v) is 9.54. The summed E-state index contributed by atoms with van der Waals surface area (Å²) in [6.45, 7) is 6.24. The van der Waals surface area contributed by atoms with Crippen LogP contribution in [0.2, 0.25) is 0 Å². The summed E-state index contributed by atoms with van der Waals surface area (Å²) < 4.78 is 16.2. The Labute approximate surface area is 179 Å². The first-order valence-electron chi connectivity index (χ1n) is 9.54. The van der Waals surface area contributed by atoms with E-state index < -0.39 is 17.8 Å². The van der Waals surface area contributed by atoms with Crippen molar-refractivity contribution in [2.45, 2.75) is 6.92 Å². The maximum Gasteiger partial charge on any atom is 0.335 e. The molecule has 0 aliphatic carbocycles. The fourth-order valence-corrected chi connectivity index (χ4v) is 2.96. The predicted molar refractivity (Wildman–Crippen MR) is 115 cm³/mol. The number of hydrogen-bond acceptors (Lipinski definition) is 6. The zero-order valence-electron chi connectivity index (χ0n) is 17.2. The zero-order valence-corrected chi connectivity index (χ0v) is 17.2. The normalized spacial score (nSPS) is 15.0. The summed E-state index contributed by atoms with van der Waals surface area (Å²) in [6.07, 6.45) is 3.00. The molecule has 0 aromatic heterocycles. The highest BCUT2D eigenvalue weighted by atomic mass is 16.5. The number of amides is 4. The van der Waals surface area contributed by atoms with Crippen molar-refractivity contribution in [3.05, 3.63) is 66.3 Å². The molecule has 8 nitrogen and oxygen atoms in total. The minimum Gasteiger partial charge on any atom is -0.494 e. The van der Waals surface area contributed by atoms with Gasteiger partial charge < -0.3 is 14.2 Å². The molecule has 160 valence electrons. The van der Waals surface area contributed by atoms with E-state index in [4.69, 9.17) is 14.2 Å². The van der Waals surface area contributed by atoms with Crippen molar-refractivity contribution in [2.75, 3.05) is 25.2 Å². The Morgan fingerprint density at radius 2 is 1.77 bits per heavy atom. The molecule has 1 saturated heterocycles. The van der Waals surface area contributed by atoms with Crippen LogP contribution in [0, 0.1) is 0 Å². The fourth-order valence-electron chi connectivity index (χ4n) is 2.96. The fraction of sp³-hybridized carbons (Fsp3) is 0.174. The van der Waals surface area contributed by atoms with Crippen molar-refractivity contribution in [3.8, 4) is 17.2 Å². The molecule has 1 aliphatic heterocycles. The summed E-state index contributed by atoms with van der Waals surface area (Å²) in [6, 6.07) is 10.6. The second kappa shape index (κ2) is 9.62. The van der Waals surface area contributed by atoms with Crippen LogP contribution < -0.4 is 24.4 Å². The van der Waals surface area contributed by atoms with Crippen molar-refractivity contribution < 1.29 is 28.6 Å². The number of barbiturate groups is 1. The highest BCUT2D eigenvalue weighted by Crippen LogP contribution is 2.30. The van der Waals surface area contributed by atoms with Crippen LogP contribution in [0.3, 0.4) is 0 Å². The van der Waals surface area contributed by atoms with Gasteiger partial charge in [-0.05, 0) is 55.0 Å². The molecule has 1 aliphatic rings. The molecule has 4 amide bonds. The van der Waals surface area contributed by atoms with E-state index in [-0.39, 0.29) is 5.57 Å².